The molecule has 0 fully saturated rings. The number of rotatable bonds is 3. The summed E-state index contributed by atoms with van der Waals surface area (Å²) >= 11 is -1.87. The molecule has 1 atom stereocenters. The molecule has 1 unspecified atom stereocenters. The Morgan fingerprint density at radius 2 is 1.82 bits per heavy atom. The Balaban J connectivity index is 4.41. The van der Waals surface area contributed by atoms with Crippen LogP contribution in [-0.4, -0.2) is 25.7 Å². The molecule has 0 saturated carbocycles. The van der Waals surface area contributed by atoms with Crippen LogP contribution in [0.25, 0.3) is 0 Å². The van der Waals surface area contributed by atoms with Crippen molar-refractivity contribution in [2.24, 2.45) is 5.92 Å². The lowest BCUT2D eigenvalue weighted by molar-refractivity contribution is 0.190. The summed E-state index contributed by atoms with van der Waals surface area (Å²) in [5.74, 6) is 0.351. The standard InChI is InChI=1S/C7H17NO2S/c1-6(2)7(3,4)8(5)11(9)10/h6H,1-5H3,(H,9,10). The first kappa shape index (κ1) is 11.1. The summed E-state index contributed by atoms with van der Waals surface area (Å²) in [4.78, 5) is 0. The van der Waals surface area contributed by atoms with E-state index in [-0.39, 0.29) is 5.54 Å². The van der Waals surface area contributed by atoms with E-state index in [1.165, 1.54) is 4.31 Å². The second kappa shape index (κ2) is 3.65. The van der Waals surface area contributed by atoms with Gasteiger partial charge in [-0.2, -0.15) is 4.31 Å². The average molecular weight is 179 g/mol. The smallest absolute Gasteiger partial charge is 0.234 e. The zero-order valence-electron chi connectivity index (χ0n) is 7.79. The van der Waals surface area contributed by atoms with Crippen LogP contribution in [0.1, 0.15) is 27.7 Å². The predicted octanol–water partition coefficient (Wildman–Crippen LogP) is 1.49. The first-order valence-electron chi connectivity index (χ1n) is 3.65. The van der Waals surface area contributed by atoms with Crippen molar-refractivity contribution in [2.75, 3.05) is 7.05 Å². The fourth-order valence-electron chi connectivity index (χ4n) is 0.565. The summed E-state index contributed by atoms with van der Waals surface area (Å²) in [5.41, 5.74) is -0.236. The summed E-state index contributed by atoms with van der Waals surface area (Å²) in [6.07, 6.45) is 0. The van der Waals surface area contributed by atoms with Gasteiger partial charge in [0.15, 0.2) is 0 Å². The van der Waals surface area contributed by atoms with E-state index in [9.17, 15) is 4.21 Å². The van der Waals surface area contributed by atoms with E-state index in [1.54, 1.807) is 7.05 Å². The zero-order chi connectivity index (χ0) is 9.23. The molecule has 0 aliphatic rings. The third-order valence-electron chi connectivity index (χ3n) is 2.46. The molecule has 68 valence electrons. The third kappa shape index (κ3) is 2.54. The van der Waals surface area contributed by atoms with Crippen molar-refractivity contribution < 1.29 is 8.76 Å². The summed E-state index contributed by atoms with van der Waals surface area (Å²) in [6, 6.07) is 0. The number of hydrogen-bond acceptors (Lipinski definition) is 1. The molecule has 11 heavy (non-hydrogen) atoms. The Kier molecular flexibility index (Phi) is 3.67. The molecule has 0 aromatic rings. The van der Waals surface area contributed by atoms with E-state index >= 15 is 0 Å². The number of hydrogen-bond donors (Lipinski definition) is 1. The minimum absolute atomic E-state index is 0.236. The fourth-order valence-corrected chi connectivity index (χ4v) is 1.18. The van der Waals surface area contributed by atoms with Crippen molar-refractivity contribution in [2.45, 2.75) is 33.2 Å². The normalized spacial score (nSPS) is 16.0. The average Bonchev–Trinajstić information content (AvgIpc) is 1.85. The number of nitrogens with zero attached hydrogens (tertiary/aromatic N) is 1. The minimum atomic E-state index is -1.87. The van der Waals surface area contributed by atoms with Gasteiger partial charge in [-0.15, -0.1) is 0 Å². The van der Waals surface area contributed by atoms with Gasteiger partial charge in [0.25, 0.3) is 0 Å². The van der Waals surface area contributed by atoms with Crippen LogP contribution in [0.4, 0.5) is 0 Å². The summed E-state index contributed by atoms with van der Waals surface area (Å²) < 4.78 is 20.9. The highest BCUT2D eigenvalue weighted by Crippen LogP contribution is 2.22. The van der Waals surface area contributed by atoms with Gasteiger partial charge in [0.2, 0.25) is 11.3 Å². The van der Waals surface area contributed by atoms with Crippen LogP contribution in [0, 0.1) is 5.92 Å². The molecule has 0 amide bonds. The van der Waals surface area contributed by atoms with Gasteiger partial charge in [0.1, 0.15) is 0 Å². The molecule has 0 aliphatic heterocycles. The Bertz CT molecular complexity index is 157. The highest BCUT2D eigenvalue weighted by Gasteiger charge is 2.30. The zero-order valence-corrected chi connectivity index (χ0v) is 8.60. The molecule has 0 aromatic carbocycles. The predicted molar refractivity (Wildman–Crippen MR) is 47.5 cm³/mol. The topological polar surface area (TPSA) is 40.5 Å². The minimum Gasteiger partial charge on any atom is -0.294 e. The molecule has 0 aromatic heterocycles. The summed E-state index contributed by atoms with van der Waals surface area (Å²) in [6.45, 7) is 7.96. The van der Waals surface area contributed by atoms with Gasteiger partial charge in [-0.05, 0) is 19.8 Å². The fraction of sp³-hybridized carbons (Fsp3) is 1.00. The Morgan fingerprint density at radius 1 is 1.45 bits per heavy atom. The Labute approximate surface area is 71.2 Å². The molecule has 0 radical (unpaired) electrons. The molecule has 0 heterocycles. The van der Waals surface area contributed by atoms with E-state index in [4.69, 9.17) is 4.55 Å². The first-order valence-corrected chi connectivity index (χ1v) is 4.71. The van der Waals surface area contributed by atoms with E-state index in [2.05, 4.69) is 0 Å². The van der Waals surface area contributed by atoms with Crippen molar-refractivity contribution in [1.82, 2.24) is 4.31 Å². The largest absolute Gasteiger partial charge is 0.294 e. The van der Waals surface area contributed by atoms with Crippen LogP contribution in [0.15, 0.2) is 0 Å². The van der Waals surface area contributed by atoms with Crippen molar-refractivity contribution in [1.29, 1.82) is 0 Å². The molecule has 1 N–H and O–H groups in total. The molecular formula is C7H17NO2S. The summed E-state index contributed by atoms with van der Waals surface area (Å²) in [5, 5.41) is 0. The highest BCUT2D eigenvalue weighted by atomic mass is 32.2. The molecule has 0 saturated heterocycles. The van der Waals surface area contributed by atoms with Crippen LogP contribution < -0.4 is 0 Å². The van der Waals surface area contributed by atoms with Crippen LogP contribution in [0.2, 0.25) is 0 Å². The molecule has 3 nitrogen and oxygen atoms in total. The van der Waals surface area contributed by atoms with Gasteiger partial charge in [0.05, 0.1) is 0 Å². The first-order chi connectivity index (χ1) is 4.80. The van der Waals surface area contributed by atoms with Crippen molar-refractivity contribution in [3.63, 3.8) is 0 Å². The van der Waals surface area contributed by atoms with Gasteiger partial charge >= 0.3 is 0 Å². The molecule has 0 rings (SSSR count). The van der Waals surface area contributed by atoms with E-state index in [0.717, 1.165) is 0 Å². The molecule has 0 aliphatic carbocycles. The van der Waals surface area contributed by atoms with E-state index in [0.29, 0.717) is 5.92 Å². The van der Waals surface area contributed by atoms with Crippen molar-refractivity contribution in [3.8, 4) is 0 Å². The van der Waals surface area contributed by atoms with Gasteiger partial charge < -0.3 is 0 Å². The molecule has 0 spiro atoms. The van der Waals surface area contributed by atoms with Gasteiger partial charge in [-0.1, -0.05) is 13.8 Å². The second-order valence-electron chi connectivity index (χ2n) is 3.54. The maximum atomic E-state index is 10.7. The van der Waals surface area contributed by atoms with E-state index < -0.39 is 11.3 Å². The van der Waals surface area contributed by atoms with Gasteiger partial charge in [-0.25, -0.2) is 4.21 Å². The van der Waals surface area contributed by atoms with Crippen LogP contribution in [0.5, 0.6) is 0 Å². The molecule has 0 bridgehead atoms. The Morgan fingerprint density at radius 3 is 1.91 bits per heavy atom. The Hall–Kier alpha value is 0.0700. The van der Waals surface area contributed by atoms with Crippen molar-refractivity contribution in [3.05, 3.63) is 0 Å². The quantitative estimate of drug-likeness (QED) is 0.667. The van der Waals surface area contributed by atoms with Gasteiger partial charge in [0, 0.05) is 12.6 Å². The van der Waals surface area contributed by atoms with Gasteiger partial charge in [-0.3, -0.25) is 4.55 Å². The van der Waals surface area contributed by atoms with Crippen LogP contribution in [0.3, 0.4) is 0 Å². The van der Waals surface area contributed by atoms with Crippen LogP contribution in [-0.2, 0) is 11.3 Å². The van der Waals surface area contributed by atoms with Crippen LogP contribution >= 0.6 is 0 Å². The molecule has 4 heteroatoms. The van der Waals surface area contributed by atoms with Crippen molar-refractivity contribution >= 4 is 11.3 Å². The highest BCUT2D eigenvalue weighted by molar-refractivity contribution is 7.76. The summed E-state index contributed by atoms with van der Waals surface area (Å²) in [7, 11) is 1.65. The maximum Gasteiger partial charge on any atom is 0.234 e. The monoisotopic (exact) mass is 179 g/mol. The second-order valence-corrected chi connectivity index (χ2v) is 4.55. The lowest BCUT2D eigenvalue weighted by Crippen LogP contribution is -2.45. The maximum absolute atomic E-state index is 10.7. The molecular weight excluding hydrogens is 162 g/mol. The lowest BCUT2D eigenvalue weighted by atomic mass is 9.91. The third-order valence-corrected chi connectivity index (χ3v) is 3.40. The SMILES string of the molecule is CC(C)C(C)(C)N(C)S(=O)O. The van der Waals surface area contributed by atoms with E-state index in [1.807, 2.05) is 27.7 Å². The lowest BCUT2D eigenvalue weighted by Gasteiger charge is -2.35.